The van der Waals surface area contributed by atoms with Gasteiger partial charge in [-0.15, -0.1) is 22.7 Å². The molecule has 3 rings (SSSR count). The molecule has 28 heavy (non-hydrogen) atoms. The number of nitrogens with one attached hydrogen (secondary N) is 1. The molecule has 0 aliphatic carbocycles. The zero-order valence-corrected chi connectivity index (χ0v) is 17.4. The van der Waals surface area contributed by atoms with E-state index in [4.69, 9.17) is 19.9 Å². The topological polar surface area (TPSA) is 95.7 Å². The van der Waals surface area contributed by atoms with Crippen molar-refractivity contribution in [3.63, 3.8) is 0 Å². The summed E-state index contributed by atoms with van der Waals surface area (Å²) in [7, 11) is 4.56. The van der Waals surface area contributed by atoms with Crippen molar-refractivity contribution in [2.24, 2.45) is 0 Å². The summed E-state index contributed by atoms with van der Waals surface area (Å²) in [4.78, 5) is 19.0. The number of ether oxygens (including phenoxy) is 3. The lowest BCUT2D eigenvalue weighted by atomic mass is 10.1. The molecule has 0 saturated heterocycles. The van der Waals surface area contributed by atoms with Gasteiger partial charge in [-0.2, -0.15) is 0 Å². The van der Waals surface area contributed by atoms with Crippen molar-refractivity contribution in [3.05, 3.63) is 40.1 Å². The van der Waals surface area contributed by atoms with Crippen LogP contribution in [0.25, 0.3) is 10.6 Å². The van der Waals surface area contributed by atoms with Gasteiger partial charge in [0, 0.05) is 22.4 Å². The van der Waals surface area contributed by atoms with Gasteiger partial charge in [0.1, 0.15) is 0 Å². The van der Waals surface area contributed by atoms with Crippen molar-refractivity contribution in [2.75, 3.05) is 33.6 Å². The number of amides is 1. The zero-order valence-electron chi connectivity index (χ0n) is 15.8. The molecule has 0 unspecified atom stereocenters. The molecule has 0 aliphatic heterocycles. The molecule has 0 bridgehead atoms. The Kier molecular flexibility index (Phi) is 6.37. The van der Waals surface area contributed by atoms with E-state index in [0.717, 1.165) is 21.9 Å². The standard InChI is InChI=1S/C19H21N3O4S2/c1-24-14-8-11(9-15(25-2)17(14)26-3)18(23)21-7-6-12-4-5-16(28-12)13-10-27-19(20)22-13/h4-5,8-10H,6-7H2,1-3H3,(H2,20,22)(H,21,23). The van der Waals surface area contributed by atoms with Gasteiger partial charge in [0.2, 0.25) is 5.75 Å². The van der Waals surface area contributed by atoms with E-state index in [2.05, 4.69) is 10.3 Å². The van der Waals surface area contributed by atoms with E-state index in [9.17, 15) is 4.79 Å². The maximum absolute atomic E-state index is 12.5. The molecular weight excluding hydrogens is 398 g/mol. The lowest BCUT2D eigenvalue weighted by Crippen LogP contribution is -2.25. The second-order valence-electron chi connectivity index (χ2n) is 5.76. The van der Waals surface area contributed by atoms with Crippen LogP contribution in [0.3, 0.4) is 0 Å². The molecule has 148 valence electrons. The minimum absolute atomic E-state index is 0.205. The molecule has 0 saturated carbocycles. The van der Waals surface area contributed by atoms with Crippen LogP contribution in [0.15, 0.2) is 29.6 Å². The summed E-state index contributed by atoms with van der Waals surface area (Å²) in [5, 5.41) is 5.42. The quantitative estimate of drug-likeness (QED) is 0.581. The van der Waals surface area contributed by atoms with Crippen LogP contribution in [0, 0.1) is 0 Å². The monoisotopic (exact) mass is 419 g/mol. The Morgan fingerprint density at radius 3 is 2.43 bits per heavy atom. The second kappa shape index (κ2) is 8.94. The largest absolute Gasteiger partial charge is 0.493 e. The van der Waals surface area contributed by atoms with Crippen LogP contribution in [-0.4, -0.2) is 38.8 Å². The lowest BCUT2D eigenvalue weighted by molar-refractivity contribution is 0.0953. The fraction of sp³-hybridized carbons (Fsp3) is 0.263. The van der Waals surface area contributed by atoms with E-state index in [0.29, 0.717) is 34.5 Å². The maximum atomic E-state index is 12.5. The lowest BCUT2D eigenvalue weighted by Gasteiger charge is -2.14. The van der Waals surface area contributed by atoms with E-state index in [1.165, 1.54) is 32.7 Å². The number of hydrogen-bond donors (Lipinski definition) is 2. The van der Waals surface area contributed by atoms with Crippen molar-refractivity contribution in [1.29, 1.82) is 0 Å². The summed E-state index contributed by atoms with van der Waals surface area (Å²) in [5.41, 5.74) is 7.02. The van der Waals surface area contributed by atoms with Gasteiger partial charge in [0.15, 0.2) is 16.6 Å². The number of thiophene rings is 1. The summed E-state index contributed by atoms with van der Waals surface area (Å²) in [6.07, 6.45) is 0.723. The molecule has 3 aromatic rings. The van der Waals surface area contributed by atoms with Crippen LogP contribution < -0.4 is 25.3 Å². The van der Waals surface area contributed by atoms with Gasteiger partial charge < -0.3 is 25.3 Å². The van der Waals surface area contributed by atoms with Gasteiger partial charge in [-0.3, -0.25) is 4.79 Å². The second-order valence-corrected chi connectivity index (χ2v) is 7.81. The molecule has 7 nitrogen and oxygen atoms in total. The van der Waals surface area contributed by atoms with Gasteiger partial charge in [-0.25, -0.2) is 4.98 Å². The highest BCUT2D eigenvalue weighted by Crippen LogP contribution is 2.38. The molecular formula is C19H21N3O4S2. The number of nitrogen functional groups attached to an aromatic ring is 1. The number of nitrogens with two attached hydrogens (primary N) is 1. The number of carbonyl (C=O) groups is 1. The van der Waals surface area contributed by atoms with E-state index < -0.39 is 0 Å². The number of thiazole rings is 1. The molecule has 0 radical (unpaired) electrons. The fourth-order valence-corrected chi connectivity index (χ4v) is 4.27. The fourth-order valence-electron chi connectivity index (χ4n) is 2.66. The number of benzene rings is 1. The number of methoxy groups -OCH3 is 3. The average molecular weight is 420 g/mol. The third-order valence-corrected chi connectivity index (χ3v) is 5.86. The van der Waals surface area contributed by atoms with Gasteiger partial charge in [0.05, 0.1) is 31.9 Å². The summed E-state index contributed by atoms with van der Waals surface area (Å²) >= 11 is 3.07. The summed E-state index contributed by atoms with van der Waals surface area (Å²) in [5.74, 6) is 1.13. The van der Waals surface area contributed by atoms with Crippen LogP contribution in [0.1, 0.15) is 15.2 Å². The molecule has 0 fully saturated rings. The molecule has 9 heteroatoms. The third kappa shape index (κ3) is 4.37. The van der Waals surface area contributed by atoms with Crippen LogP contribution in [0.4, 0.5) is 5.13 Å². The summed E-state index contributed by atoms with van der Waals surface area (Å²) in [6, 6.07) is 7.33. The highest BCUT2D eigenvalue weighted by molar-refractivity contribution is 7.16. The predicted molar refractivity (Wildman–Crippen MR) is 112 cm³/mol. The van der Waals surface area contributed by atoms with Crippen molar-refractivity contribution in [3.8, 4) is 27.8 Å². The molecule has 2 heterocycles. The maximum Gasteiger partial charge on any atom is 0.251 e. The normalized spacial score (nSPS) is 10.5. The molecule has 0 atom stereocenters. The number of aromatic nitrogens is 1. The minimum atomic E-state index is -0.205. The summed E-state index contributed by atoms with van der Waals surface area (Å²) < 4.78 is 15.9. The first-order chi connectivity index (χ1) is 13.5. The number of nitrogens with zero attached hydrogens (tertiary/aromatic N) is 1. The molecule has 1 aromatic carbocycles. The first-order valence-electron chi connectivity index (χ1n) is 8.44. The Hall–Kier alpha value is -2.78. The van der Waals surface area contributed by atoms with E-state index >= 15 is 0 Å². The Labute approximate surface area is 171 Å². The Morgan fingerprint density at radius 1 is 1.14 bits per heavy atom. The highest BCUT2D eigenvalue weighted by Gasteiger charge is 2.17. The number of carbonyl (C=O) groups excluding carboxylic acids is 1. The van der Waals surface area contributed by atoms with E-state index in [1.54, 1.807) is 23.5 Å². The zero-order chi connectivity index (χ0) is 20.1. The van der Waals surface area contributed by atoms with Gasteiger partial charge in [0.25, 0.3) is 5.91 Å². The number of rotatable bonds is 8. The Balaban J connectivity index is 1.62. The van der Waals surface area contributed by atoms with E-state index in [-0.39, 0.29) is 5.91 Å². The predicted octanol–water partition coefficient (Wildman–Crippen LogP) is 3.45. The van der Waals surface area contributed by atoms with Crippen molar-refractivity contribution >= 4 is 33.7 Å². The molecule has 1 amide bonds. The molecule has 0 aliphatic rings. The van der Waals surface area contributed by atoms with Crippen LogP contribution in [-0.2, 0) is 6.42 Å². The summed E-state index contributed by atoms with van der Waals surface area (Å²) in [6.45, 7) is 0.509. The third-order valence-electron chi connectivity index (χ3n) is 4.02. The van der Waals surface area contributed by atoms with Crippen molar-refractivity contribution in [1.82, 2.24) is 10.3 Å². The van der Waals surface area contributed by atoms with Gasteiger partial charge in [-0.1, -0.05) is 0 Å². The molecule has 3 N–H and O–H groups in total. The SMILES string of the molecule is COc1cc(C(=O)NCCc2ccc(-c3csc(N)n3)s2)cc(OC)c1OC. The van der Waals surface area contributed by atoms with Crippen molar-refractivity contribution in [2.45, 2.75) is 6.42 Å². The number of anilines is 1. The Morgan fingerprint density at radius 2 is 1.86 bits per heavy atom. The van der Waals surface area contributed by atoms with Gasteiger partial charge in [-0.05, 0) is 30.7 Å². The minimum Gasteiger partial charge on any atom is -0.493 e. The molecule has 2 aromatic heterocycles. The highest BCUT2D eigenvalue weighted by atomic mass is 32.1. The Bertz CT molecular complexity index is 943. The van der Waals surface area contributed by atoms with Crippen LogP contribution in [0.5, 0.6) is 17.2 Å². The first-order valence-corrected chi connectivity index (χ1v) is 10.1. The van der Waals surface area contributed by atoms with Crippen LogP contribution in [0.2, 0.25) is 0 Å². The van der Waals surface area contributed by atoms with Gasteiger partial charge >= 0.3 is 0 Å². The van der Waals surface area contributed by atoms with E-state index in [1.807, 2.05) is 17.5 Å². The average Bonchev–Trinajstić information content (AvgIpc) is 3.35. The van der Waals surface area contributed by atoms with Crippen molar-refractivity contribution < 1.29 is 19.0 Å². The number of hydrogen-bond acceptors (Lipinski definition) is 8. The molecule has 0 spiro atoms. The smallest absolute Gasteiger partial charge is 0.251 e. The first kappa shape index (κ1) is 20.0. The van der Waals surface area contributed by atoms with Crippen LogP contribution >= 0.6 is 22.7 Å².